The minimum absolute atomic E-state index is 0.0586. The fourth-order valence-corrected chi connectivity index (χ4v) is 3.16. The van der Waals surface area contributed by atoms with E-state index in [0.717, 1.165) is 31.4 Å². The molecular weight excluding hydrogens is 320 g/mol. The number of carbonyl (C=O) groups excluding carboxylic acids is 2. The molecule has 1 saturated heterocycles. The van der Waals surface area contributed by atoms with Crippen LogP contribution in [0.1, 0.15) is 47.8 Å². The van der Waals surface area contributed by atoms with Crippen LogP contribution in [0.3, 0.4) is 0 Å². The Morgan fingerprint density at radius 3 is 2.68 bits per heavy atom. The number of phenols is 1. The van der Waals surface area contributed by atoms with Crippen molar-refractivity contribution in [2.45, 2.75) is 31.7 Å². The van der Waals surface area contributed by atoms with Gasteiger partial charge in [-0.3, -0.25) is 9.59 Å². The van der Waals surface area contributed by atoms with Gasteiger partial charge in [0.1, 0.15) is 11.5 Å². The average molecular weight is 342 g/mol. The van der Waals surface area contributed by atoms with Crippen LogP contribution in [-0.4, -0.2) is 34.9 Å². The van der Waals surface area contributed by atoms with Crippen molar-refractivity contribution in [3.05, 3.63) is 54.0 Å². The molecular formula is C19H22N2O4. The van der Waals surface area contributed by atoms with E-state index in [1.165, 1.54) is 24.3 Å². The third-order valence-electron chi connectivity index (χ3n) is 4.47. The van der Waals surface area contributed by atoms with Gasteiger partial charge in [-0.05, 0) is 49.2 Å². The van der Waals surface area contributed by atoms with Crippen molar-refractivity contribution in [1.29, 1.82) is 0 Å². The molecule has 25 heavy (non-hydrogen) atoms. The van der Waals surface area contributed by atoms with Crippen LogP contribution in [0.25, 0.3) is 0 Å². The molecule has 2 N–H and O–H groups in total. The van der Waals surface area contributed by atoms with Gasteiger partial charge in [0.05, 0.1) is 18.8 Å². The lowest BCUT2D eigenvalue weighted by Crippen LogP contribution is -2.42. The molecule has 2 heterocycles. The molecule has 1 fully saturated rings. The molecule has 0 aliphatic carbocycles. The number of likely N-dealkylation sites (tertiary alicyclic amines) is 1. The van der Waals surface area contributed by atoms with Gasteiger partial charge in [-0.2, -0.15) is 0 Å². The van der Waals surface area contributed by atoms with E-state index in [-0.39, 0.29) is 30.2 Å². The number of benzene rings is 1. The maximum absolute atomic E-state index is 12.7. The van der Waals surface area contributed by atoms with Crippen molar-refractivity contribution in [2.75, 3.05) is 13.1 Å². The zero-order chi connectivity index (χ0) is 17.6. The molecule has 3 rings (SSSR count). The maximum Gasteiger partial charge on any atom is 0.251 e. The van der Waals surface area contributed by atoms with Crippen LogP contribution < -0.4 is 5.32 Å². The molecule has 0 spiro atoms. The second-order valence-corrected chi connectivity index (χ2v) is 6.20. The maximum atomic E-state index is 12.7. The second kappa shape index (κ2) is 7.88. The molecule has 2 aromatic rings. The first kappa shape index (κ1) is 17.1. The smallest absolute Gasteiger partial charge is 0.251 e. The topological polar surface area (TPSA) is 82.8 Å². The number of rotatable bonds is 4. The van der Waals surface area contributed by atoms with Crippen LogP contribution in [0.5, 0.6) is 5.75 Å². The summed E-state index contributed by atoms with van der Waals surface area (Å²) in [6, 6.07) is 9.58. The molecule has 1 aliphatic heterocycles. The summed E-state index contributed by atoms with van der Waals surface area (Å²) >= 11 is 0. The summed E-state index contributed by atoms with van der Waals surface area (Å²) < 4.78 is 5.51. The Bertz CT molecular complexity index is 710. The lowest BCUT2D eigenvalue weighted by atomic mass is 10.1. The summed E-state index contributed by atoms with van der Waals surface area (Å²) in [5, 5.41) is 11.9. The number of nitrogens with one attached hydrogen (secondary N) is 1. The van der Waals surface area contributed by atoms with Gasteiger partial charge in [-0.25, -0.2) is 0 Å². The van der Waals surface area contributed by atoms with Crippen LogP contribution in [-0.2, 0) is 4.79 Å². The molecule has 6 nitrogen and oxygen atoms in total. The Morgan fingerprint density at radius 2 is 1.96 bits per heavy atom. The molecule has 6 heteroatoms. The molecule has 132 valence electrons. The summed E-state index contributed by atoms with van der Waals surface area (Å²) in [7, 11) is 0. The lowest BCUT2D eigenvalue weighted by molar-refractivity contribution is -0.132. The summed E-state index contributed by atoms with van der Waals surface area (Å²) in [6.45, 7) is 0.607. The Balaban J connectivity index is 1.64. The normalized spacial score (nSPS) is 17.8. The second-order valence-electron chi connectivity index (χ2n) is 6.20. The number of hydrogen-bond donors (Lipinski definition) is 2. The SMILES string of the molecule is O=C(NCC(=O)N1CCCCC[C@H]1c1ccco1)c1ccc(O)cc1. The highest BCUT2D eigenvalue weighted by atomic mass is 16.3. The van der Waals surface area contributed by atoms with Gasteiger partial charge < -0.3 is 19.7 Å². The van der Waals surface area contributed by atoms with E-state index < -0.39 is 0 Å². The van der Waals surface area contributed by atoms with Gasteiger partial charge in [-0.15, -0.1) is 0 Å². The Hall–Kier alpha value is -2.76. The summed E-state index contributed by atoms with van der Waals surface area (Å²) in [6.07, 6.45) is 5.57. The van der Waals surface area contributed by atoms with Gasteiger partial charge >= 0.3 is 0 Å². The monoisotopic (exact) mass is 342 g/mol. The summed E-state index contributed by atoms with van der Waals surface area (Å²) in [5.41, 5.74) is 0.407. The molecule has 0 bridgehead atoms. The molecule has 2 amide bonds. The summed E-state index contributed by atoms with van der Waals surface area (Å²) in [4.78, 5) is 26.6. The van der Waals surface area contributed by atoms with E-state index in [4.69, 9.17) is 4.42 Å². The number of phenolic OH excluding ortho intramolecular Hbond substituents is 1. The van der Waals surface area contributed by atoms with E-state index in [0.29, 0.717) is 12.1 Å². The van der Waals surface area contributed by atoms with Crippen molar-refractivity contribution >= 4 is 11.8 Å². The number of nitrogens with zero attached hydrogens (tertiary/aromatic N) is 1. The molecule has 1 aromatic heterocycles. The third-order valence-corrected chi connectivity index (χ3v) is 4.47. The quantitative estimate of drug-likeness (QED) is 0.895. The largest absolute Gasteiger partial charge is 0.508 e. The lowest BCUT2D eigenvalue weighted by Gasteiger charge is -2.28. The number of carbonyl (C=O) groups is 2. The first-order valence-corrected chi connectivity index (χ1v) is 8.55. The highest BCUT2D eigenvalue weighted by molar-refractivity contribution is 5.96. The predicted molar refractivity (Wildman–Crippen MR) is 92.1 cm³/mol. The zero-order valence-corrected chi connectivity index (χ0v) is 14.0. The molecule has 0 radical (unpaired) electrons. The first-order valence-electron chi connectivity index (χ1n) is 8.55. The molecule has 0 unspecified atom stereocenters. The van der Waals surface area contributed by atoms with Gasteiger partial charge in [0, 0.05) is 12.1 Å². The number of hydrogen-bond acceptors (Lipinski definition) is 4. The van der Waals surface area contributed by atoms with E-state index >= 15 is 0 Å². The van der Waals surface area contributed by atoms with Crippen molar-refractivity contribution in [1.82, 2.24) is 10.2 Å². The minimum Gasteiger partial charge on any atom is -0.508 e. The zero-order valence-electron chi connectivity index (χ0n) is 14.0. The van der Waals surface area contributed by atoms with Crippen LogP contribution in [0, 0.1) is 0 Å². The highest BCUT2D eigenvalue weighted by Crippen LogP contribution is 2.30. The number of furan rings is 1. The van der Waals surface area contributed by atoms with E-state index in [1.54, 1.807) is 6.26 Å². The Labute approximate surface area is 146 Å². The van der Waals surface area contributed by atoms with E-state index in [2.05, 4.69) is 5.32 Å². The first-order chi connectivity index (χ1) is 12.1. The van der Waals surface area contributed by atoms with Gasteiger partial charge in [-0.1, -0.05) is 12.8 Å². The van der Waals surface area contributed by atoms with Crippen LogP contribution in [0.4, 0.5) is 0 Å². The highest BCUT2D eigenvalue weighted by Gasteiger charge is 2.28. The van der Waals surface area contributed by atoms with Crippen molar-refractivity contribution in [2.24, 2.45) is 0 Å². The minimum atomic E-state index is -0.335. The van der Waals surface area contributed by atoms with E-state index in [1.807, 2.05) is 17.0 Å². The summed E-state index contributed by atoms with van der Waals surface area (Å²) in [5.74, 6) is 0.437. The number of aromatic hydroxyl groups is 1. The van der Waals surface area contributed by atoms with Gasteiger partial charge in [0.15, 0.2) is 0 Å². The third kappa shape index (κ3) is 4.21. The van der Waals surface area contributed by atoms with Crippen LogP contribution >= 0.6 is 0 Å². The standard InChI is InChI=1S/C19H22N2O4/c22-15-9-7-14(8-10-15)19(24)20-13-18(23)21-11-3-1-2-5-16(21)17-6-4-12-25-17/h4,6-10,12,16,22H,1-3,5,11,13H2,(H,20,24)/t16-/m0/s1. The predicted octanol–water partition coefficient (Wildman–Crippen LogP) is 2.86. The van der Waals surface area contributed by atoms with Crippen LogP contribution in [0.2, 0.25) is 0 Å². The fourth-order valence-electron chi connectivity index (χ4n) is 3.16. The Morgan fingerprint density at radius 1 is 1.16 bits per heavy atom. The van der Waals surface area contributed by atoms with Gasteiger partial charge in [0.25, 0.3) is 5.91 Å². The van der Waals surface area contributed by atoms with Crippen molar-refractivity contribution < 1.29 is 19.1 Å². The molecule has 1 aromatic carbocycles. The average Bonchev–Trinajstić information content (AvgIpc) is 3.04. The van der Waals surface area contributed by atoms with Crippen molar-refractivity contribution in [3.63, 3.8) is 0 Å². The molecule has 1 aliphatic rings. The molecule has 0 saturated carbocycles. The van der Waals surface area contributed by atoms with E-state index in [9.17, 15) is 14.7 Å². The molecule has 1 atom stereocenters. The number of amides is 2. The van der Waals surface area contributed by atoms with Crippen LogP contribution in [0.15, 0.2) is 47.1 Å². The van der Waals surface area contributed by atoms with Gasteiger partial charge in [0.2, 0.25) is 5.91 Å². The fraction of sp³-hybridized carbons (Fsp3) is 0.368. The van der Waals surface area contributed by atoms with Crippen molar-refractivity contribution in [3.8, 4) is 5.75 Å². The Kier molecular flexibility index (Phi) is 5.38.